The van der Waals surface area contributed by atoms with Crippen molar-refractivity contribution >= 4 is 0 Å². The van der Waals surface area contributed by atoms with E-state index in [0.29, 0.717) is 6.42 Å². The van der Waals surface area contributed by atoms with Gasteiger partial charge in [0, 0.05) is 6.42 Å². The Labute approximate surface area is 69.9 Å². The third kappa shape index (κ3) is 11.9. The Morgan fingerprint density at radius 1 is 1.56 bits per heavy atom. The molecule has 0 aliphatic carbocycles. The van der Waals surface area contributed by atoms with Crippen LogP contribution in [0.5, 0.6) is 0 Å². The van der Waals surface area contributed by atoms with E-state index in [1.807, 2.05) is 0 Å². The first-order valence-electron chi connectivity index (χ1n) is 2.82. The molecule has 0 saturated heterocycles. The Bertz CT molecular complexity index is 70.6. The maximum absolute atomic E-state index is 9.03. The van der Waals surface area contributed by atoms with Crippen LogP contribution < -0.4 is 18.9 Å². The van der Waals surface area contributed by atoms with Crippen molar-refractivity contribution in [2.24, 2.45) is 0 Å². The van der Waals surface area contributed by atoms with Crippen molar-refractivity contribution < 1.29 is 30.5 Å². The zero-order valence-electron chi connectivity index (χ0n) is 7.68. The number of hydrogen-bond donors (Lipinski definition) is 2. The Morgan fingerprint density at radius 2 is 1.89 bits per heavy atom. The normalized spacial score (nSPS) is 14.3. The first kappa shape index (κ1) is 12.2. The first-order valence-corrected chi connectivity index (χ1v) is 2.82. The van der Waals surface area contributed by atoms with Gasteiger partial charge in [-0.05, 0) is 20.8 Å². The number of aliphatic hydroxyl groups excluding tert-OH is 1. The summed E-state index contributed by atoms with van der Waals surface area (Å²) in [5.41, 5.74) is -0.728. The van der Waals surface area contributed by atoms with Gasteiger partial charge in [0.05, 0.1) is 11.7 Å². The molecule has 3 heteroatoms. The number of rotatable bonds is 2. The number of hydrogen-bond acceptors (Lipinski definition) is 2. The maximum atomic E-state index is 9.03. The molecule has 0 radical (unpaired) electrons. The second-order valence-electron chi connectivity index (χ2n) is 2.87. The second-order valence-corrected chi connectivity index (χ2v) is 2.87. The Kier molecular flexibility index (Phi) is 5.91. The molecule has 0 aliphatic rings. The van der Waals surface area contributed by atoms with Gasteiger partial charge in [-0.25, -0.2) is 0 Å². The minimum absolute atomic E-state index is 0. The van der Waals surface area contributed by atoms with E-state index in [0.717, 1.165) is 0 Å². The zero-order chi connectivity index (χ0) is 6.78. The molecule has 0 saturated carbocycles. The molecule has 0 bridgehead atoms. The van der Waals surface area contributed by atoms with Gasteiger partial charge in [0.2, 0.25) is 0 Å². The van der Waals surface area contributed by atoms with Gasteiger partial charge in [0.1, 0.15) is 0 Å². The molecule has 2 nitrogen and oxygen atoms in total. The quantitative estimate of drug-likeness (QED) is 0.406. The van der Waals surface area contributed by atoms with Crippen LogP contribution in [-0.4, -0.2) is 21.9 Å². The third-order valence-electron chi connectivity index (χ3n) is 0.795. The van der Waals surface area contributed by atoms with Crippen molar-refractivity contribution in [1.29, 1.82) is 0 Å². The van der Waals surface area contributed by atoms with E-state index in [9.17, 15) is 0 Å². The molecule has 0 amide bonds. The molecule has 0 aromatic heterocycles. The van der Waals surface area contributed by atoms with E-state index >= 15 is 0 Å². The van der Waals surface area contributed by atoms with Crippen molar-refractivity contribution in [3.63, 3.8) is 0 Å². The molecule has 1 atom stereocenters. The van der Waals surface area contributed by atoms with Gasteiger partial charge in [0.15, 0.2) is 0 Å². The van der Waals surface area contributed by atoms with Gasteiger partial charge >= 0.3 is 18.9 Å². The van der Waals surface area contributed by atoms with Crippen molar-refractivity contribution in [3.8, 4) is 0 Å². The Hall–Kier alpha value is 0.517. The standard InChI is InChI=1S/C6H14O2.Li.H/c1-5(7)4-6(2,3)8;;/h5,7-8H,4H2,1-3H3;;/q;+1;-1. The average Bonchev–Trinajstić information content (AvgIpc) is 1.21. The molecule has 0 rings (SSSR count). The van der Waals surface area contributed by atoms with E-state index in [-0.39, 0.29) is 20.3 Å². The predicted octanol–water partition coefficient (Wildman–Crippen LogP) is -2.36. The van der Waals surface area contributed by atoms with Gasteiger partial charge in [-0.3, -0.25) is 0 Å². The molecule has 0 spiro atoms. The summed E-state index contributed by atoms with van der Waals surface area (Å²) in [6.45, 7) is 5.03. The van der Waals surface area contributed by atoms with Crippen molar-refractivity contribution in [2.45, 2.75) is 38.9 Å². The largest absolute Gasteiger partial charge is 1.00 e. The monoisotopic (exact) mass is 126 g/mol. The molecular formula is C6H15LiO2. The Morgan fingerprint density at radius 3 is 1.89 bits per heavy atom. The zero-order valence-corrected chi connectivity index (χ0v) is 6.68. The van der Waals surface area contributed by atoms with Crippen LogP contribution >= 0.6 is 0 Å². The molecule has 2 N–H and O–H groups in total. The molecule has 0 aromatic rings. The van der Waals surface area contributed by atoms with Crippen molar-refractivity contribution in [2.75, 3.05) is 0 Å². The third-order valence-corrected chi connectivity index (χ3v) is 0.795. The molecule has 0 heterocycles. The van der Waals surface area contributed by atoms with E-state index in [2.05, 4.69) is 0 Å². The fourth-order valence-electron chi connectivity index (χ4n) is 0.723. The van der Waals surface area contributed by atoms with E-state index in [4.69, 9.17) is 10.2 Å². The SMILES string of the molecule is CC(O)CC(C)(C)O.[H-].[Li+]. The topological polar surface area (TPSA) is 40.5 Å². The molecular weight excluding hydrogens is 111 g/mol. The average molecular weight is 126 g/mol. The fraction of sp³-hybridized carbons (Fsp3) is 1.00. The smallest absolute Gasteiger partial charge is 1.00 e. The maximum Gasteiger partial charge on any atom is 1.00 e. The molecule has 52 valence electrons. The van der Waals surface area contributed by atoms with Gasteiger partial charge < -0.3 is 11.6 Å². The van der Waals surface area contributed by atoms with Crippen LogP contribution in [-0.2, 0) is 0 Å². The van der Waals surface area contributed by atoms with Crippen molar-refractivity contribution in [3.05, 3.63) is 0 Å². The van der Waals surface area contributed by atoms with E-state index in [1.165, 1.54) is 0 Å². The van der Waals surface area contributed by atoms with Gasteiger partial charge in [0.25, 0.3) is 0 Å². The summed E-state index contributed by atoms with van der Waals surface area (Å²) >= 11 is 0. The van der Waals surface area contributed by atoms with Crippen LogP contribution in [0.15, 0.2) is 0 Å². The molecule has 0 aliphatic heterocycles. The summed E-state index contributed by atoms with van der Waals surface area (Å²) in [6, 6.07) is 0. The summed E-state index contributed by atoms with van der Waals surface area (Å²) in [7, 11) is 0. The molecule has 0 aromatic carbocycles. The van der Waals surface area contributed by atoms with Crippen LogP contribution in [0, 0.1) is 0 Å². The second kappa shape index (κ2) is 4.35. The van der Waals surface area contributed by atoms with E-state index in [1.54, 1.807) is 20.8 Å². The van der Waals surface area contributed by atoms with Crippen LogP contribution in [0.25, 0.3) is 0 Å². The molecule has 1 unspecified atom stereocenters. The minimum atomic E-state index is -0.728. The summed E-state index contributed by atoms with van der Waals surface area (Å²) < 4.78 is 0. The van der Waals surface area contributed by atoms with E-state index < -0.39 is 11.7 Å². The minimum Gasteiger partial charge on any atom is -1.00 e. The van der Waals surface area contributed by atoms with Crippen LogP contribution in [0.2, 0.25) is 0 Å². The van der Waals surface area contributed by atoms with Gasteiger partial charge in [-0.1, -0.05) is 0 Å². The summed E-state index contributed by atoms with van der Waals surface area (Å²) in [5, 5.41) is 17.8. The van der Waals surface area contributed by atoms with Crippen LogP contribution in [0.4, 0.5) is 0 Å². The molecule has 9 heavy (non-hydrogen) atoms. The molecule has 0 fully saturated rings. The van der Waals surface area contributed by atoms with Crippen LogP contribution in [0.1, 0.15) is 28.6 Å². The Balaban J connectivity index is -0.000000245. The predicted molar refractivity (Wildman–Crippen MR) is 33.7 cm³/mol. The van der Waals surface area contributed by atoms with Crippen molar-refractivity contribution in [1.82, 2.24) is 0 Å². The first-order chi connectivity index (χ1) is 3.42. The summed E-state index contributed by atoms with van der Waals surface area (Å²) in [5.74, 6) is 0. The summed E-state index contributed by atoms with van der Waals surface area (Å²) in [6.07, 6.45) is 0.0301. The van der Waals surface area contributed by atoms with Gasteiger partial charge in [-0.2, -0.15) is 0 Å². The fourth-order valence-corrected chi connectivity index (χ4v) is 0.723. The number of aliphatic hydroxyl groups is 2. The van der Waals surface area contributed by atoms with Gasteiger partial charge in [-0.15, -0.1) is 0 Å². The summed E-state index contributed by atoms with van der Waals surface area (Å²) in [4.78, 5) is 0. The van der Waals surface area contributed by atoms with Crippen LogP contribution in [0.3, 0.4) is 0 Å².